The molecule has 0 saturated carbocycles. The highest BCUT2D eigenvalue weighted by Gasteiger charge is 2.39. The van der Waals surface area contributed by atoms with E-state index in [0.717, 1.165) is 88.5 Å². The molecule has 2 saturated heterocycles. The average Bonchev–Trinajstić information content (AvgIpc) is 3.90. The van der Waals surface area contributed by atoms with Crippen LogP contribution in [0.4, 0.5) is 0 Å². The summed E-state index contributed by atoms with van der Waals surface area (Å²) in [6, 6.07) is 14.6. The standard InChI is InChI=1S/C34H37N7O4/c1-43-19-38-32(21-8-11-44-12-9-21)34(42)40-10-2-3-29(40)33-36-17-27(39-33)22-5-7-28-24(13-22)14-30-25-6-4-23(26-16-35-18-37-26)15-31(25)45-20-41(28)30/h4-7,13-18,21,29,32,38H,2-3,8-12,19-20H2,1H3,(H,35,37)(H,36,39). The van der Waals surface area contributed by atoms with Crippen molar-refractivity contribution in [1.29, 1.82) is 0 Å². The van der Waals surface area contributed by atoms with E-state index in [9.17, 15) is 4.79 Å². The van der Waals surface area contributed by atoms with Gasteiger partial charge >= 0.3 is 0 Å². The number of aromatic amines is 2. The van der Waals surface area contributed by atoms with Crippen LogP contribution < -0.4 is 10.1 Å². The third kappa shape index (κ3) is 5.10. The van der Waals surface area contributed by atoms with Gasteiger partial charge in [-0.15, -0.1) is 0 Å². The van der Waals surface area contributed by atoms with Crippen molar-refractivity contribution in [2.24, 2.45) is 5.92 Å². The normalized spacial score (nSPS) is 19.0. The van der Waals surface area contributed by atoms with Gasteiger partial charge in [0.25, 0.3) is 0 Å². The number of aromatic nitrogens is 5. The lowest BCUT2D eigenvalue weighted by atomic mass is 9.90. The third-order valence-corrected chi connectivity index (χ3v) is 9.53. The molecule has 3 aromatic heterocycles. The summed E-state index contributed by atoms with van der Waals surface area (Å²) in [6.07, 6.45) is 8.96. The van der Waals surface area contributed by atoms with Crippen molar-refractivity contribution in [1.82, 2.24) is 34.7 Å². The van der Waals surface area contributed by atoms with Crippen molar-refractivity contribution in [3.63, 3.8) is 0 Å². The third-order valence-electron chi connectivity index (χ3n) is 9.53. The number of benzene rings is 2. The van der Waals surface area contributed by atoms with Crippen LogP contribution in [0.25, 0.3) is 44.7 Å². The first kappa shape index (κ1) is 28.1. The van der Waals surface area contributed by atoms with Gasteiger partial charge in [0.2, 0.25) is 5.91 Å². The summed E-state index contributed by atoms with van der Waals surface area (Å²) in [6.45, 7) is 2.90. The molecular formula is C34H37N7O4. The minimum absolute atomic E-state index is 0.0799. The molecule has 8 rings (SSSR count). The van der Waals surface area contributed by atoms with Crippen LogP contribution in [0.1, 0.15) is 37.5 Å². The summed E-state index contributed by atoms with van der Waals surface area (Å²) >= 11 is 0. The second kappa shape index (κ2) is 11.8. The molecule has 3 aliphatic heterocycles. The predicted molar refractivity (Wildman–Crippen MR) is 169 cm³/mol. The van der Waals surface area contributed by atoms with Gasteiger partial charge in [-0.3, -0.25) is 10.1 Å². The fraction of sp³-hybridized carbons (Fsp3) is 0.382. The Morgan fingerprint density at radius 3 is 2.80 bits per heavy atom. The summed E-state index contributed by atoms with van der Waals surface area (Å²) in [5.74, 6) is 2.05. The first-order valence-corrected chi connectivity index (χ1v) is 15.7. The Morgan fingerprint density at radius 1 is 1.09 bits per heavy atom. The zero-order valence-electron chi connectivity index (χ0n) is 25.3. The summed E-state index contributed by atoms with van der Waals surface area (Å²) in [5, 5.41) is 4.49. The highest BCUT2D eigenvalue weighted by molar-refractivity contribution is 5.92. The van der Waals surface area contributed by atoms with Gasteiger partial charge < -0.3 is 33.6 Å². The predicted octanol–water partition coefficient (Wildman–Crippen LogP) is 5.09. The van der Waals surface area contributed by atoms with E-state index in [2.05, 4.69) is 67.3 Å². The molecule has 6 heterocycles. The van der Waals surface area contributed by atoms with Gasteiger partial charge in [-0.1, -0.05) is 12.1 Å². The van der Waals surface area contributed by atoms with Crippen LogP contribution in [0.5, 0.6) is 5.75 Å². The van der Waals surface area contributed by atoms with Crippen LogP contribution in [0.15, 0.2) is 61.2 Å². The van der Waals surface area contributed by atoms with Crippen LogP contribution in [-0.2, 0) is 21.0 Å². The molecule has 0 radical (unpaired) electrons. The van der Waals surface area contributed by atoms with Crippen LogP contribution in [0.3, 0.4) is 0 Å². The Labute approximate surface area is 260 Å². The molecule has 2 unspecified atom stereocenters. The molecule has 3 aliphatic rings. The number of fused-ring (bicyclic) bond motifs is 5. The molecule has 0 spiro atoms. The van der Waals surface area contributed by atoms with Crippen molar-refractivity contribution < 1.29 is 19.0 Å². The number of H-pyrrole nitrogens is 2. The number of nitrogens with zero attached hydrogens (tertiary/aromatic N) is 4. The van der Waals surface area contributed by atoms with E-state index in [1.807, 2.05) is 17.3 Å². The molecule has 2 fully saturated rings. The molecular weight excluding hydrogens is 570 g/mol. The van der Waals surface area contributed by atoms with Crippen molar-refractivity contribution in [3.8, 4) is 39.5 Å². The number of amides is 1. The van der Waals surface area contributed by atoms with Crippen molar-refractivity contribution in [2.75, 3.05) is 33.6 Å². The van der Waals surface area contributed by atoms with Crippen molar-refractivity contribution in [3.05, 3.63) is 67.0 Å². The lowest BCUT2D eigenvalue weighted by molar-refractivity contribution is -0.137. The second-order valence-corrected chi connectivity index (χ2v) is 12.1. The number of nitrogens with one attached hydrogen (secondary N) is 3. The molecule has 5 aromatic rings. The summed E-state index contributed by atoms with van der Waals surface area (Å²) < 4.78 is 19.3. The van der Waals surface area contributed by atoms with Crippen LogP contribution in [0.2, 0.25) is 0 Å². The number of hydrogen-bond donors (Lipinski definition) is 3. The van der Waals surface area contributed by atoms with Gasteiger partial charge in [-0.25, -0.2) is 9.97 Å². The van der Waals surface area contributed by atoms with E-state index in [1.54, 1.807) is 13.4 Å². The number of hydrogen-bond acceptors (Lipinski definition) is 7. The first-order chi connectivity index (χ1) is 22.2. The molecule has 3 N–H and O–H groups in total. The Morgan fingerprint density at radius 2 is 1.96 bits per heavy atom. The van der Waals surface area contributed by atoms with Gasteiger partial charge in [-0.05, 0) is 61.9 Å². The Bertz CT molecular complexity index is 1820. The van der Waals surface area contributed by atoms with Crippen LogP contribution in [0, 0.1) is 5.92 Å². The van der Waals surface area contributed by atoms with E-state index in [-0.39, 0.29) is 23.9 Å². The number of carbonyl (C=O) groups excluding carboxylic acids is 1. The maximum absolute atomic E-state index is 13.9. The zero-order chi connectivity index (χ0) is 30.3. The van der Waals surface area contributed by atoms with Crippen molar-refractivity contribution >= 4 is 16.8 Å². The number of imidazole rings is 2. The smallest absolute Gasteiger partial charge is 0.240 e. The van der Waals surface area contributed by atoms with E-state index in [4.69, 9.17) is 19.2 Å². The first-order valence-electron chi connectivity index (χ1n) is 15.7. The van der Waals surface area contributed by atoms with Gasteiger partial charge in [0.05, 0.1) is 60.1 Å². The zero-order valence-corrected chi connectivity index (χ0v) is 25.3. The van der Waals surface area contributed by atoms with Gasteiger partial charge in [-0.2, -0.15) is 0 Å². The molecule has 11 heteroatoms. The number of methoxy groups -OCH3 is 1. The summed E-state index contributed by atoms with van der Waals surface area (Å²) in [4.78, 5) is 31.6. The van der Waals surface area contributed by atoms with Gasteiger partial charge in [0.1, 0.15) is 11.6 Å². The maximum atomic E-state index is 13.9. The number of rotatable bonds is 8. The molecule has 0 bridgehead atoms. The molecule has 1 amide bonds. The molecule has 2 aromatic carbocycles. The largest absolute Gasteiger partial charge is 0.472 e. The topological polar surface area (TPSA) is 122 Å². The van der Waals surface area contributed by atoms with E-state index in [1.165, 1.54) is 0 Å². The SMILES string of the molecule is COCNC(C(=O)N1CCCC1c1ncc(-c2ccc3c(c2)cc2n3COc3cc(-c4cnc[nH]4)ccc3-2)[nH]1)C1CCOCC1. The van der Waals surface area contributed by atoms with E-state index < -0.39 is 0 Å². The lowest BCUT2D eigenvalue weighted by Crippen LogP contribution is -2.52. The minimum atomic E-state index is -0.293. The Kier molecular flexibility index (Phi) is 7.36. The molecule has 11 nitrogen and oxygen atoms in total. The van der Waals surface area contributed by atoms with E-state index in [0.29, 0.717) is 26.7 Å². The lowest BCUT2D eigenvalue weighted by Gasteiger charge is -2.34. The van der Waals surface area contributed by atoms with Gasteiger partial charge in [0.15, 0.2) is 6.73 Å². The Balaban J connectivity index is 1.04. The molecule has 232 valence electrons. The average molecular weight is 608 g/mol. The maximum Gasteiger partial charge on any atom is 0.240 e. The fourth-order valence-corrected chi connectivity index (χ4v) is 7.19. The Hall–Kier alpha value is -4.45. The van der Waals surface area contributed by atoms with Crippen LogP contribution >= 0.6 is 0 Å². The quantitative estimate of drug-likeness (QED) is 0.210. The summed E-state index contributed by atoms with van der Waals surface area (Å²) in [5.41, 5.74) is 7.31. The highest BCUT2D eigenvalue weighted by Crippen LogP contribution is 2.41. The minimum Gasteiger partial charge on any atom is -0.472 e. The fourth-order valence-electron chi connectivity index (χ4n) is 7.19. The number of ether oxygens (including phenoxy) is 3. The van der Waals surface area contributed by atoms with Crippen LogP contribution in [-0.4, -0.2) is 75.0 Å². The molecule has 45 heavy (non-hydrogen) atoms. The molecule has 2 atom stereocenters. The summed E-state index contributed by atoms with van der Waals surface area (Å²) in [7, 11) is 1.65. The van der Waals surface area contributed by atoms with E-state index >= 15 is 0 Å². The monoisotopic (exact) mass is 607 g/mol. The second-order valence-electron chi connectivity index (χ2n) is 12.1. The van der Waals surface area contributed by atoms with Crippen molar-refractivity contribution in [2.45, 2.75) is 44.5 Å². The molecule has 0 aliphatic carbocycles. The van der Waals surface area contributed by atoms with Gasteiger partial charge in [0, 0.05) is 48.9 Å². The highest BCUT2D eigenvalue weighted by atomic mass is 16.5. The number of likely N-dealkylation sites (tertiary alicyclic amines) is 1. The number of carbonyl (C=O) groups is 1.